The molecule has 24 heteroatoms. The van der Waals surface area contributed by atoms with E-state index in [-0.39, 0.29) is 85.3 Å². The Balaban J connectivity index is 0.000000170. The minimum atomic E-state index is -1.09. The number of carboxylic acid groups (broad SMARTS) is 1. The van der Waals surface area contributed by atoms with E-state index in [1.165, 1.54) is 21.3 Å². The van der Waals surface area contributed by atoms with Gasteiger partial charge in [-0.2, -0.15) is 0 Å². The van der Waals surface area contributed by atoms with Crippen molar-refractivity contribution in [3.8, 4) is 34.5 Å². The van der Waals surface area contributed by atoms with E-state index in [9.17, 15) is 33.9 Å². The number of rotatable bonds is 16. The topological polar surface area (TPSA) is 281 Å². The standard InChI is InChI=1S/C44H36N4O7.C43H34N4O7.3CH3.H2O.Sn/c1-25-12-33-35(45-21-31-16-28-8-4-6-10-37(28)47(31)42(33)49)19-39(25)54-23-26-13-27(15-30(14-26)44(51)53-3)24-55-41-20-36-34(18-40(41)52-2)43(50)48-32(22-46-36)17-29-9-5-7-11-38(29)48;1-24-11-32-34(44-20-30-15-27-7-3-5-9-36(27)46(30)41(32)48)18-38(24)53-22-25-12-26(14-29(13-25)43(50)51)23-54-40-19-35-33(17-39(40)52-2)42(49)47-31(21-45-35)16-28-8-4-6-10-37(28)47;;;;;/h4-15,18-22,31-32H,16-17,23-24H2,1-3H3;3-14,17-21,30-31H,15-16,22-23H2,1-2H3,(H,50,51);3*1H3;1H2;/t31-,32-;30-,31-;;;;;/m00...../s1. The number of carbonyl (C=O) groups is 6. The normalized spacial score (nSPS) is 16.9. The molecule has 8 aliphatic heterocycles. The van der Waals surface area contributed by atoms with Crippen LogP contribution in [0.4, 0.5) is 45.5 Å². The average Bonchev–Trinajstić information content (AvgIpc) is 1.64. The van der Waals surface area contributed by atoms with E-state index in [1.54, 1.807) is 87.6 Å². The van der Waals surface area contributed by atoms with Crippen LogP contribution >= 0.6 is 0 Å². The number of aryl methyl sites for hydroxylation is 2. The molecule has 3 N–H and O–H groups in total. The van der Waals surface area contributed by atoms with E-state index < -0.39 is 31.7 Å². The van der Waals surface area contributed by atoms with Crippen molar-refractivity contribution in [3.63, 3.8) is 0 Å². The molecular formula is C90H81N8O15Sn. The summed E-state index contributed by atoms with van der Waals surface area (Å²) in [6.07, 6.45) is 10.0. The first-order chi connectivity index (χ1) is 54.8. The first-order valence-electron chi connectivity index (χ1n) is 37.2. The zero-order chi connectivity index (χ0) is 78.5. The fourth-order valence-corrected chi connectivity index (χ4v) is 15.6. The molecule has 0 spiro atoms. The van der Waals surface area contributed by atoms with Gasteiger partial charge < -0.3 is 43.7 Å². The summed E-state index contributed by atoms with van der Waals surface area (Å²) in [6, 6.07) is 55.0. The number of para-hydroxylation sites is 4. The molecule has 575 valence electrons. The average molecular weight is 1630 g/mol. The van der Waals surface area contributed by atoms with Gasteiger partial charge in [0.2, 0.25) is 0 Å². The Morgan fingerprint density at radius 2 is 0.658 bits per heavy atom. The van der Waals surface area contributed by atoms with Crippen LogP contribution < -0.4 is 48.0 Å². The fraction of sp³-hybridized carbons (Fsp3) is 0.222. The van der Waals surface area contributed by atoms with Gasteiger partial charge in [0.15, 0.2) is 23.0 Å². The Labute approximate surface area is 665 Å². The number of aromatic carboxylic acids is 1. The second kappa shape index (κ2) is 32.2. The molecule has 0 aliphatic carbocycles. The maximum absolute atomic E-state index is 13.8. The summed E-state index contributed by atoms with van der Waals surface area (Å²) in [5.41, 5.74) is 16.4. The van der Waals surface area contributed by atoms with Gasteiger partial charge >= 0.3 is 46.5 Å². The molecule has 0 unspecified atom stereocenters. The van der Waals surface area contributed by atoms with Gasteiger partial charge in [0.25, 0.3) is 23.6 Å². The van der Waals surface area contributed by atoms with Crippen molar-refractivity contribution in [1.29, 1.82) is 0 Å². The summed E-state index contributed by atoms with van der Waals surface area (Å²) in [7, 11) is 4.35. The molecule has 0 aromatic heterocycles. The molecule has 4 atom stereocenters. The Morgan fingerprint density at radius 3 is 0.947 bits per heavy atom. The van der Waals surface area contributed by atoms with E-state index in [0.717, 1.165) is 56.1 Å². The minimum absolute atomic E-state index is 0. The number of fused-ring (bicyclic) bond motifs is 16. The number of nitrogens with zero attached hydrogens (tertiary/aromatic N) is 8. The molecule has 0 saturated heterocycles. The van der Waals surface area contributed by atoms with Crippen LogP contribution in [0.15, 0.2) is 202 Å². The van der Waals surface area contributed by atoms with Gasteiger partial charge in [0.05, 0.1) is 102 Å². The number of esters is 1. The second-order valence-corrected chi connectivity index (χ2v) is 37.8. The van der Waals surface area contributed by atoms with Crippen LogP contribution in [0.25, 0.3) is 0 Å². The Hall–Kier alpha value is -12.7. The van der Waals surface area contributed by atoms with Crippen LogP contribution in [0.2, 0.25) is 14.8 Å². The third-order valence-corrected chi connectivity index (χ3v) is 20.9. The van der Waals surface area contributed by atoms with Gasteiger partial charge in [-0.3, -0.25) is 58.7 Å². The summed E-state index contributed by atoms with van der Waals surface area (Å²) >= 11 is -0.543. The Kier molecular flexibility index (Phi) is 21.6. The van der Waals surface area contributed by atoms with Gasteiger partial charge in [-0.15, -0.1) is 0 Å². The number of amides is 4. The number of benzene rings is 10. The van der Waals surface area contributed by atoms with E-state index in [1.807, 2.05) is 153 Å². The van der Waals surface area contributed by atoms with Crippen molar-refractivity contribution in [2.24, 2.45) is 20.0 Å². The van der Waals surface area contributed by atoms with E-state index in [4.69, 9.17) is 48.1 Å². The molecule has 114 heavy (non-hydrogen) atoms. The second-order valence-electron chi connectivity index (χ2n) is 29.3. The number of hydrogen-bond donors (Lipinski definition) is 1. The summed E-state index contributed by atoms with van der Waals surface area (Å²) in [4.78, 5) is 113. The van der Waals surface area contributed by atoms with Crippen LogP contribution in [0, 0.1) is 13.8 Å². The predicted molar refractivity (Wildman–Crippen MR) is 439 cm³/mol. The molecule has 8 aliphatic rings. The summed E-state index contributed by atoms with van der Waals surface area (Å²) in [5.74, 6) is 0.475. The van der Waals surface area contributed by atoms with Crippen LogP contribution in [0.5, 0.6) is 34.5 Å². The monoisotopic (exact) mass is 1630 g/mol. The van der Waals surface area contributed by atoms with Gasteiger partial charge in [-0.1, -0.05) is 72.8 Å². The summed E-state index contributed by atoms with van der Waals surface area (Å²) in [6.45, 7) is 4.03. The third kappa shape index (κ3) is 14.9. The van der Waals surface area contributed by atoms with Crippen LogP contribution in [0.1, 0.15) is 118 Å². The Morgan fingerprint density at radius 1 is 0.386 bits per heavy atom. The first-order valence-corrected chi connectivity index (χ1v) is 45.8. The molecule has 8 heterocycles. The summed E-state index contributed by atoms with van der Waals surface area (Å²) in [5, 5.41) is 9.95. The zero-order valence-electron chi connectivity index (χ0n) is 63.9. The molecule has 0 bridgehead atoms. The van der Waals surface area contributed by atoms with Crippen molar-refractivity contribution in [2.45, 2.75) is 105 Å². The molecule has 18 rings (SSSR count). The van der Waals surface area contributed by atoms with E-state index in [0.29, 0.717) is 133 Å². The van der Waals surface area contributed by atoms with E-state index in [2.05, 4.69) is 19.8 Å². The van der Waals surface area contributed by atoms with Crippen molar-refractivity contribution in [3.05, 3.63) is 271 Å². The van der Waals surface area contributed by atoms with Crippen molar-refractivity contribution in [2.75, 3.05) is 40.9 Å². The number of anilines is 4. The van der Waals surface area contributed by atoms with Gasteiger partial charge in [-0.05, 0) is 154 Å². The van der Waals surface area contributed by atoms with Crippen molar-refractivity contribution < 1.29 is 72.5 Å². The van der Waals surface area contributed by atoms with Crippen molar-refractivity contribution in [1.82, 2.24) is 0 Å². The molecule has 0 fully saturated rings. The number of ether oxygens (including phenoxy) is 7. The van der Waals surface area contributed by atoms with Gasteiger partial charge in [0, 0.05) is 97.6 Å². The quantitative estimate of drug-likeness (QED) is 0.0695. The number of hydrogen-bond acceptors (Lipinski definition) is 17. The number of methoxy groups -OCH3 is 3. The van der Waals surface area contributed by atoms with Crippen LogP contribution in [0.3, 0.4) is 0 Å². The molecule has 0 saturated carbocycles. The zero-order valence-corrected chi connectivity index (χ0v) is 66.8. The molecule has 23 nitrogen and oxygen atoms in total. The van der Waals surface area contributed by atoms with Crippen LogP contribution in [-0.2, 0) is 56.8 Å². The molecular weight excluding hydrogens is 1550 g/mol. The number of aliphatic imine (C=N–C) groups is 4. The van der Waals surface area contributed by atoms with Gasteiger partial charge in [0.1, 0.15) is 37.9 Å². The number of carbonyl (C=O) groups excluding carboxylic acids is 5. The molecule has 10 aromatic carbocycles. The molecule has 4 amide bonds. The number of carboxylic acids is 1. The fourth-order valence-electron chi connectivity index (χ4n) is 15.6. The maximum atomic E-state index is 13.8. The SMILES string of the molecule is COC(=O)c1cc(COc2cc3c(cc2C)C(=O)N2c4ccccc4C[C@H]2C=N3)cc(COc2cc3c(cc2OC)C(=O)N2c4ccccc4C[C@H]2C=N3)c1.COc1cc2c(cc1OCc1cc(COc3cc4c(cc3C)C(=O)N3c5ccccc5C[C@H]3C=N4)cc(C(=O)O)c1)N=C[C@@H]1Cc3ccccc3N1C2=O.O.[CH3][Sn]([CH3])[CH3]. The van der Waals surface area contributed by atoms with Crippen molar-refractivity contribution >= 4 is 126 Å². The molecule has 1 radical (unpaired) electrons. The summed E-state index contributed by atoms with van der Waals surface area (Å²) < 4.78 is 41.4. The molecule has 10 aromatic rings. The predicted octanol–water partition coefficient (Wildman–Crippen LogP) is 15.5. The first kappa shape index (κ1) is 76.6. The Bertz CT molecular complexity index is 5720. The van der Waals surface area contributed by atoms with Gasteiger partial charge in [-0.25, -0.2) is 9.59 Å². The third-order valence-electron chi connectivity index (χ3n) is 20.9. The van der Waals surface area contributed by atoms with Crippen LogP contribution in [-0.4, -0.2) is 136 Å². The van der Waals surface area contributed by atoms with E-state index >= 15 is 0 Å².